The molecular weight excluding hydrogens is 614 g/mol. The summed E-state index contributed by atoms with van der Waals surface area (Å²) in [6, 6.07) is 15.3. The molecule has 0 fully saturated rings. The zero-order chi connectivity index (χ0) is 19.2. The molecule has 0 saturated carbocycles. The monoisotopic (exact) mass is 643 g/mol. The molecule has 0 saturated heterocycles. The third-order valence-corrected chi connectivity index (χ3v) is 3.55. The van der Waals surface area contributed by atoms with Crippen molar-refractivity contribution in [3.05, 3.63) is 48.5 Å². The summed E-state index contributed by atoms with van der Waals surface area (Å²) < 4.78 is 10.8. The quantitative estimate of drug-likeness (QED) is 0.299. The van der Waals surface area contributed by atoms with E-state index < -0.39 is 0 Å². The Kier molecular flexibility index (Phi) is 19.3. The van der Waals surface area contributed by atoms with E-state index in [1.807, 2.05) is 62.4 Å². The van der Waals surface area contributed by atoms with Crippen LogP contribution in [0.15, 0.2) is 48.5 Å². The molecule has 0 unspecified atom stereocenters. The number of nitrogens with one attached hydrogen (secondary N) is 2. The zero-order valence-corrected chi connectivity index (χ0v) is 25.7. The summed E-state index contributed by atoms with van der Waals surface area (Å²) in [6.45, 7) is 9.60. The first-order valence-electron chi connectivity index (χ1n) is 9.16. The molecule has 1 radical (unpaired) electrons. The van der Waals surface area contributed by atoms with Crippen LogP contribution < -0.4 is 20.1 Å². The van der Waals surface area contributed by atoms with Crippen molar-refractivity contribution in [2.75, 3.05) is 23.8 Å². The summed E-state index contributed by atoms with van der Waals surface area (Å²) >= 11 is 5.30. The van der Waals surface area contributed by atoms with Gasteiger partial charge in [-0.25, -0.2) is 0 Å². The van der Waals surface area contributed by atoms with Gasteiger partial charge >= 0.3 is 0 Å². The van der Waals surface area contributed by atoms with E-state index in [9.17, 15) is 0 Å². The minimum atomic E-state index is 0. The second-order valence-corrected chi connectivity index (χ2v) is 5.90. The van der Waals surface area contributed by atoms with Gasteiger partial charge in [0.25, 0.3) is 0 Å². The van der Waals surface area contributed by atoms with Crippen LogP contribution in [0.1, 0.15) is 40.5 Å². The van der Waals surface area contributed by atoms with E-state index in [1.165, 1.54) is 12.8 Å². The molecule has 147 valence electrons. The maximum atomic E-state index is 5.40. The number of ether oxygens (including phenoxy) is 2. The van der Waals surface area contributed by atoms with E-state index in [1.54, 1.807) is 0 Å². The minimum absolute atomic E-state index is 0. The molecule has 0 atom stereocenters. The molecule has 7 heteroatoms. The van der Waals surface area contributed by atoms with Gasteiger partial charge in [-0.1, -0.05) is 26.7 Å². The van der Waals surface area contributed by atoms with Gasteiger partial charge in [-0.15, -0.1) is 0 Å². The number of hydrogen-bond donors (Lipinski definition) is 2. The number of rotatable bonds is 7. The smallest absolute Gasteiger partial charge is 0.175 e. The van der Waals surface area contributed by atoms with Crippen molar-refractivity contribution in [2.45, 2.75) is 40.5 Å². The van der Waals surface area contributed by atoms with Crippen LogP contribution in [-0.4, -0.2) is 45.6 Å². The molecule has 28 heavy (non-hydrogen) atoms. The van der Waals surface area contributed by atoms with Gasteiger partial charge in [0.05, 0.1) is 13.2 Å². The second kappa shape index (κ2) is 18.3. The van der Waals surface area contributed by atoms with Crippen molar-refractivity contribution >= 4 is 56.0 Å². The van der Waals surface area contributed by atoms with E-state index in [0.717, 1.165) is 22.9 Å². The van der Waals surface area contributed by atoms with E-state index in [0.29, 0.717) is 18.3 Å². The van der Waals surface area contributed by atoms with Gasteiger partial charge in [0.15, 0.2) is 5.11 Å². The van der Waals surface area contributed by atoms with Crippen LogP contribution in [0.25, 0.3) is 0 Å². The third-order valence-electron chi connectivity index (χ3n) is 3.35. The number of hydrogen-bond acceptors (Lipinski definition) is 3. The fourth-order valence-electron chi connectivity index (χ4n) is 1.90. The molecular formula is C21H30N2O2STlZn. The minimum Gasteiger partial charge on any atom is -0.494 e. The summed E-state index contributed by atoms with van der Waals surface area (Å²) in [7, 11) is 0. The molecule has 0 aliphatic rings. The standard InChI is InChI=1S/C17H20N2O2S.C4H10.Tl.Zn/c1-3-20-15-9-5-13(6-10-15)18-17(22)19-14-7-11-16(12-8-14)21-4-2;1-3-4-2;;/h5-12H,3-4H2,1-2H3,(H2,18,19,22);3-4H2,1-2H3;;. The Morgan fingerprint density at radius 2 is 1.04 bits per heavy atom. The Labute approximate surface area is 208 Å². The molecule has 0 bridgehead atoms. The van der Waals surface area contributed by atoms with Gasteiger partial charge in [-0.3, -0.25) is 0 Å². The number of unbranched alkanes of at least 4 members (excludes halogenated alkanes) is 1. The first kappa shape index (κ1) is 29.5. The van der Waals surface area contributed by atoms with Crippen molar-refractivity contribution in [3.8, 4) is 11.5 Å². The van der Waals surface area contributed by atoms with Crippen LogP contribution >= 0.6 is 12.2 Å². The fourth-order valence-corrected chi connectivity index (χ4v) is 2.13. The van der Waals surface area contributed by atoms with E-state index in [4.69, 9.17) is 21.7 Å². The largest absolute Gasteiger partial charge is 0.494 e. The maximum absolute atomic E-state index is 5.40. The van der Waals surface area contributed by atoms with Gasteiger partial charge in [-0.2, -0.15) is 0 Å². The first-order valence-corrected chi connectivity index (χ1v) is 9.57. The molecule has 0 aliphatic heterocycles. The van der Waals surface area contributed by atoms with Crippen LogP contribution in [0.5, 0.6) is 11.5 Å². The molecule has 0 aliphatic carbocycles. The number of thiocarbonyl (C=S) groups is 1. The molecule has 2 aromatic carbocycles. The van der Waals surface area contributed by atoms with E-state index in [-0.39, 0.29) is 46.8 Å². The summed E-state index contributed by atoms with van der Waals surface area (Å²) in [6.07, 6.45) is 2.64. The number of anilines is 2. The predicted molar refractivity (Wildman–Crippen MR) is 121 cm³/mol. The Bertz CT molecular complexity index is 584. The molecule has 2 aromatic rings. The summed E-state index contributed by atoms with van der Waals surface area (Å²) in [5.74, 6) is 1.69. The molecule has 2 N–H and O–H groups in total. The van der Waals surface area contributed by atoms with Gasteiger partial charge in [0, 0.05) is 58.2 Å². The third kappa shape index (κ3) is 12.7. The van der Waals surface area contributed by atoms with Crippen LogP contribution in [0.3, 0.4) is 0 Å². The van der Waals surface area contributed by atoms with Gasteiger partial charge in [0.2, 0.25) is 0 Å². The summed E-state index contributed by atoms with van der Waals surface area (Å²) in [4.78, 5) is 0. The molecule has 4 nitrogen and oxygen atoms in total. The second-order valence-electron chi connectivity index (χ2n) is 5.49. The normalized spacial score (nSPS) is 8.86. The van der Waals surface area contributed by atoms with Gasteiger partial charge in [0.1, 0.15) is 11.5 Å². The van der Waals surface area contributed by atoms with Gasteiger partial charge in [-0.05, 0) is 74.6 Å². The Hall–Kier alpha value is -0.725. The Morgan fingerprint density at radius 1 is 0.714 bits per heavy atom. The van der Waals surface area contributed by atoms with Crippen molar-refractivity contribution in [2.24, 2.45) is 0 Å². The van der Waals surface area contributed by atoms with Crippen LogP contribution in [0, 0.1) is 0 Å². The fraction of sp³-hybridized carbons (Fsp3) is 0.381. The molecule has 0 heterocycles. The van der Waals surface area contributed by atoms with Crippen molar-refractivity contribution in [1.82, 2.24) is 0 Å². The van der Waals surface area contributed by atoms with Gasteiger partial charge < -0.3 is 20.1 Å². The summed E-state index contributed by atoms with van der Waals surface area (Å²) in [5.41, 5.74) is 1.82. The van der Waals surface area contributed by atoms with Crippen LogP contribution in [0.4, 0.5) is 11.4 Å². The molecule has 2 rings (SSSR count). The topological polar surface area (TPSA) is 42.5 Å². The average Bonchev–Trinajstić information content (AvgIpc) is 2.65. The van der Waals surface area contributed by atoms with Crippen molar-refractivity contribution in [1.29, 1.82) is 0 Å². The molecule has 0 aromatic heterocycles. The zero-order valence-electron chi connectivity index (χ0n) is 17.5. The van der Waals surface area contributed by atoms with Crippen LogP contribution in [-0.2, 0) is 19.5 Å². The average molecular weight is 644 g/mol. The first-order chi connectivity index (χ1) is 12.6. The predicted octanol–water partition coefficient (Wildman–Crippen LogP) is 5.72. The molecule has 0 amide bonds. The number of benzene rings is 2. The molecule has 0 spiro atoms. The summed E-state index contributed by atoms with van der Waals surface area (Å²) in [5, 5.41) is 6.80. The Balaban J connectivity index is 0. The van der Waals surface area contributed by atoms with Crippen molar-refractivity contribution in [3.63, 3.8) is 0 Å². The maximum Gasteiger partial charge on any atom is 0.175 e. The Morgan fingerprint density at radius 3 is 1.29 bits per heavy atom. The van der Waals surface area contributed by atoms with E-state index >= 15 is 0 Å². The van der Waals surface area contributed by atoms with E-state index in [2.05, 4.69) is 24.5 Å². The SMILES string of the molecule is CCCC.CCOc1ccc(NC(=S)Nc2ccc(OCC)cc2)cc1.[Tl].[Zn]. The van der Waals surface area contributed by atoms with Crippen LogP contribution in [0.2, 0.25) is 0 Å². The van der Waals surface area contributed by atoms with Crippen molar-refractivity contribution < 1.29 is 29.0 Å².